The third-order valence-electron chi connectivity index (χ3n) is 18.1. The third-order valence-corrected chi connectivity index (χ3v) is 18.1. The Morgan fingerprint density at radius 3 is 0.839 bits per heavy atom. The normalized spacial score (nSPS) is 22.5. The van der Waals surface area contributed by atoms with E-state index in [-0.39, 0.29) is 22.3 Å². The van der Waals surface area contributed by atoms with Gasteiger partial charge in [-0.05, 0) is 195 Å². The summed E-state index contributed by atoms with van der Waals surface area (Å²) in [6, 6.07) is 0. The summed E-state index contributed by atoms with van der Waals surface area (Å²) in [7, 11) is 0. The van der Waals surface area contributed by atoms with Crippen LogP contribution in [-0.2, 0) is 0 Å². The van der Waals surface area contributed by atoms with Crippen LogP contribution in [0, 0.1) is 79.3 Å². The van der Waals surface area contributed by atoms with Crippen LogP contribution in [-0.4, -0.2) is 0 Å². The highest BCUT2D eigenvalue weighted by Gasteiger charge is 2.44. The molecule has 0 aromatic heterocycles. The summed E-state index contributed by atoms with van der Waals surface area (Å²) in [5.41, 5.74) is 5.46. The topological polar surface area (TPSA) is 0 Å². The first-order chi connectivity index (χ1) is 27.1. The lowest BCUT2D eigenvalue weighted by Crippen LogP contribution is -2.30. The van der Waals surface area contributed by atoms with Gasteiger partial charge in [0.2, 0.25) is 0 Å². The maximum atomic E-state index is 2.41. The first-order valence-corrected chi connectivity index (χ1v) is 27.1. The Bertz CT molecular complexity index is 1060. The minimum Gasteiger partial charge on any atom is -0.0776 e. The smallest absolute Gasteiger partial charge is 0.0277 e. The van der Waals surface area contributed by atoms with Gasteiger partial charge in [-0.1, -0.05) is 206 Å². The van der Waals surface area contributed by atoms with E-state index in [1.807, 2.05) is 0 Å². The molecule has 0 heteroatoms. The summed E-state index contributed by atoms with van der Waals surface area (Å²) in [4.78, 5) is 0. The zero-order chi connectivity index (χ0) is 45.5. The van der Waals surface area contributed by atoms with Crippen molar-refractivity contribution in [2.75, 3.05) is 0 Å². The monoisotopic (exact) mass is 875 g/mol. The summed E-state index contributed by atoms with van der Waals surface area (Å²) in [6.45, 7) is 49.1. The third kappa shape index (κ3) is 27.6. The van der Waals surface area contributed by atoms with Crippen molar-refractivity contribution in [1.82, 2.24) is 0 Å². The minimum atomic E-state index is 0. The van der Waals surface area contributed by atoms with Crippen molar-refractivity contribution in [2.24, 2.45) is 79.3 Å². The van der Waals surface area contributed by atoms with Crippen LogP contribution in [0.2, 0.25) is 0 Å². The molecule has 0 heterocycles. The van der Waals surface area contributed by atoms with Crippen molar-refractivity contribution in [3.8, 4) is 0 Å². The molecule has 7 fully saturated rings. The van der Waals surface area contributed by atoms with Crippen LogP contribution in [0.25, 0.3) is 0 Å². The van der Waals surface area contributed by atoms with E-state index in [1.165, 1.54) is 154 Å². The van der Waals surface area contributed by atoms with Crippen LogP contribution in [0.1, 0.15) is 322 Å². The van der Waals surface area contributed by atoms with Crippen molar-refractivity contribution < 1.29 is 0 Å². The van der Waals surface area contributed by atoms with Crippen LogP contribution in [0.4, 0.5) is 0 Å². The molecule has 0 atom stereocenters. The van der Waals surface area contributed by atoms with Gasteiger partial charge in [-0.25, -0.2) is 0 Å². The number of hydrogen-bond acceptors (Lipinski definition) is 0. The first-order valence-electron chi connectivity index (χ1n) is 27.1. The summed E-state index contributed by atoms with van der Waals surface area (Å²) < 4.78 is 0. The molecule has 0 aliphatic heterocycles. The van der Waals surface area contributed by atoms with Crippen LogP contribution in [0.5, 0.6) is 0 Å². The summed E-state index contributed by atoms with van der Waals surface area (Å²) in [6.07, 6.45) is 35.2. The molecule has 0 saturated heterocycles. The molecular formula is C62H130. The van der Waals surface area contributed by atoms with E-state index in [9.17, 15) is 0 Å². The van der Waals surface area contributed by atoms with E-state index < -0.39 is 0 Å². The summed E-state index contributed by atoms with van der Waals surface area (Å²) in [5, 5.41) is 0. The average Bonchev–Trinajstić information content (AvgIpc) is 3.93. The van der Waals surface area contributed by atoms with Gasteiger partial charge in [0, 0.05) is 0 Å². The van der Waals surface area contributed by atoms with E-state index in [0.717, 1.165) is 79.3 Å². The van der Waals surface area contributed by atoms with Crippen LogP contribution in [0.15, 0.2) is 0 Å². The fourth-order valence-corrected chi connectivity index (χ4v) is 9.39. The van der Waals surface area contributed by atoms with Gasteiger partial charge in [-0.2, -0.15) is 0 Å². The van der Waals surface area contributed by atoms with E-state index in [0.29, 0.717) is 0 Å². The van der Waals surface area contributed by atoms with Gasteiger partial charge in [-0.3, -0.25) is 0 Å². The molecule has 378 valence electrons. The average molecular weight is 876 g/mol. The van der Waals surface area contributed by atoms with Crippen LogP contribution < -0.4 is 0 Å². The highest BCUT2D eigenvalue weighted by Crippen LogP contribution is 2.55. The van der Waals surface area contributed by atoms with Gasteiger partial charge in [0.15, 0.2) is 0 Å². The molecule has 0 spiro atoms. The van der Waals surface area contributed by atoms with Crippen molar-refractivity contribution in [3.05, 3.63) is 0 Å². The van der Waals surface area contributed by atoms with Gasteiger partial charge < -0.3 is 0 Å². The maximum Gasteiger partial charge on any atom is -0.0277 e. The molecule has 0 unspecified atom stereocenters. The molecule has 0 aromatic rings. The second-order valence-corrected chi connectivity index (χ2v) is 26.7. The molecule has 7 aliphatic rings. The lowest BCUT2D eigenvalue weighted by molar-refractivity contribution is 0.0934. The minimum absolute atomic E-state index is 0. The molecule has 0 amide bonds. The predicted molar refractivity (Wildman–Crippen MR) is 292 cm³/mol. The molecule has 7 saturated carbocycles. The van der Waals surface area contributed by atoms with E-state index in [4.69, 9.17) is 0 Å². The first kappa shape index (κ1) is 66.3. The lowest BCUT2D eigenvalue weighted by atomic mass is 9.64. The van der Waals surface area contributed by atoms with Gasteiger partial charge in [0.05, 0.1) is 0 Å². The van der Waals surface area contributed by atoms with E-state index >= 15 is 0 Å². The summed E-state index contributed by atoms with van der Waals surface area (Å²) >= 11 is 0. The Labute approximate surface area is 399 Å². The predicted octanol–water partition coefficient (Wildman–Crippen LogP) is 22.9. The zero-order valence-electron chi connectivity index (χ0n) is 45.5. The molecule has 0 N–H and O–H groups in total. The van der Waals surface area contributed by atoms with Crippen molar-refractivity contribution in [1.29, 1.82) is 0 Å². The molecule has 0 bridgehead atoms. The molecule has 7 aliphatic carbocycles. The van der Waals surface area contributed by atoms with Gasteiger partial charge in [0.1, 0.15) is 0 Å². The molecular weight excluding hydrogens is 745 g/mol. The highest BCUT2D eigenvalue weighted by atomic mass is 14.5. The van der Waals surface area contributed by atoms with E-state index in [2.05, 4.69) is 145 Å². The number of rotatable bonds is 16. The standard InChI is InChI=1S/C10H20.2C9H18.3C8H16.C7H14.3CH4/c1-4-10(7-8-10)6-5-9(2)3;1-8(2)4-5-9(3)6-7-9;1-4-9(5-6-9)7-8(2)3;1-7(2)6-8(3)4-5-8;1-7(2)8(3)5-4-6-8;1-4-8(5-6-8)7(2)3;1-6(2)7(3)4-5-7;;;/h9H,4-8H2,1-3H3;2*8H,4-7H2,1-3H3;3*7H,4-6H2,1-3H3;6H,4-5H2,1-3H3;3*1H4. The Morgan fingerprint density at radius 1 is 0.339 bits per heavy atom. The van der Waals surface area contributed by atoms with Crippen molar-refractivity contribution in [2.45, 2.75) is 322 Å². The largest absolute Gasteiger partial charge is 0.0776 e. The molecule has 7 rings (SSSR count). The van der Waals surface area contributed by atoms with Crippen LogP contribution in [0.3, 0.4) is 0 Å². The number of hydrogen-bond donors (Lipinski definition) is 0. The Morgan fingerprint density at radius 2 is 0.710 bits per heavy atom. The Hall–Kier alpha value is 0. The second kappa shape index (κ2) is 29.0. The fourth-order valence-electron chi connectivity index (χ4n) is 9.39. The Kier molecular flexibility index (Phi) is 31.0. The SMILES string of the molecule is C.C.C.CC(C)C1(C)CC1.CC(C)C1(C)CCC1.CC(C)CC1(C)CC1.CC(C)CCC1(C)CC1.CCC1(C(C)C)CC1.CCC1(CC(C)C)CC1.CCC1(CCC(C)C)CC1. The van der Waals surface area contributed by atoms with Crippen molar-refractivity contribution in [3.63, 3.8) is 0 Å². The van der Waals surface area contributed by atoms with Crippen LogP contribution >= 0.6 is 0 Å². The maximum absolute atomic E-state index is 2.41. The zero-order valence-corrected chi connectivity index (χ0v) is 45.5. The van der Waals surface area contributed by atoms with Crippen molar-refractivity contribution >= 4 is 0 Å². The molecule has 0 aromatic carbocycles. The quantitative estimate of drug-likeness (QED) is 0.145. The lowest BCUT2D eigenvalue weighted by Gasteiger charge is -2.42. The molecule has 62 heavy (non-hydrogen) atoms. The summed E-state index contributed by atoms with van der Waals surface area (Å²) in [5.74, 6) is 6.36. The second-order valence-electron chi connectivity index (χ2n) is 26.7. The van der Waals surface area contributed by atoms with Gasteiger partial charge in [0.25, 0.3) is 0 Å². The van der Waals surface area contributed by atoms with Gasteiger partial charge >= 0.3 is 0 Å². The molecule has 0 nitrogen and oxygen atoms in total. The van der Waals surface area contributed by atoms with E-state index in [1.54, 1.807) is 0 Å². The highest BCUT2D eigenvalue weighted by molar-refractivity contribution is 4.95. The molecule has 0 radical (unpaired) electrons. The van der Waals surface area contributed by atoms with Gasteiger partial charge in [-0.15, -0.1) is 0 Å². The Balaban J connectivity index is -0.000000651. The fraction of sp³-hybridized carbons (Fsp3) is 1.00.